The summed E-state index contributed by atoms with van der Waals surface area (Å²) in [7, 11) is 0. The highest BCUT2D eigenvalue weighted by atomic mass is 16.5. The molecule has 5 atom stereocenters. The van der Waals surface area contributed by atoms with Crippen LogP contribution in [0.3, 0.4) is 0 Å². The molecule has 2 nitrogen and oxygen atoms in total. The van der Waals surface area contributed by atoms with E-state index in [2.05, 4.69) is 26.0 Å². The molecule has 0 heterocycles. The molecule has 0 amide bonds. The summed E-state index contributed by atoms with van der Waals surface area (Å²) in [5.74, 6) is 4.23. The van der Waals surface area contributed by atoms with Crippen LogP contribution in [0, 0.1) is 23.2 Å². The first-order valence-corrected chi connectivity index (χ1v) is 11.3. The molecule has 0 saturated heterocycles. The Kier molecular flexibility index (Phi) is 4.69. The van der Waals surface area contributed by atoms with Gasteiger partial charge in [0.25, 0.3) is 0 Å². The van der Waals surface area contributed by atoms with E-state index in [1.165, 1.54) is 36.8 Å². The van der Waals surface area contributed by atoms with E-state index >= 15 is 0 Å². The standard InChI is InChI=1S/C27H32O2/c1-18-16-19-17-21(28)9-10-23(19)24-12-14-27(2)20(8-11-25(27)26(18)24)13-15-29-22-6-4-3-5-7-22/h3-7,9-10,13,17-18,24-26,28H,8,11-12,14-16H2,1-2H3/b20-13+. The van der Waals surface area contributed by atoms with E-state index in [0.29, 0.717) is 29.6 Å². The molecular formula is C27H32O2. The first-order valence-electron chi connectivity index (χ1n) is 11.3. The van der Waals surface area contributed by atoms with Crippen LogP contribution in [0.15, 0.2) is 60.2 Å². The van der Waals surface area contributed by atoms with Gasteiger partial charge in [-0.3, -0.25) is 0 Å². The van der Waals surface area contributed by atoms with Crippen LogP contribution < -0.4 is 4.74 Å². The van der Waals surface area contributed by atoms with Crippen LogP contribution in [0.2, 0.25) is 0 Å². The van der Waals surface area contributed by atoms with E-state index in [0.717, 1.165) is 24.0 Å². The van der Waals surface area contributed by atoms with Gasteiger partial charge in [0.2, 0.25) is 0 Å². The molecule has 0 spiro atoms. The fourth-order valence-electron chi connectivity index (χ4n) is 6.90. The summed E-state index contributed by atoms with van der Waals surface area (Å²) in [6.45, 7) is 5.64. The highest BCUT2D eigenvalue weighted by Gasteiger charge is 2.54. The fraction of sp³-hybridized carbons (Fsp3) is 0.481. The van der Waals surface area contributed by atoms with Crippen molar-refractivity contribution >= 4 is 0 Å². The Morgan fingerprint density at radius 2 is 1.97 bits per heavy atom. The number of para-hydroxylation sites is 1. The van der Waals surface area contributed by atoms with Crippen molar-refractivity contribution in [2.45, 2.75) is 51.9 Å². The van der Waals surface area contributed by atoms with Gasteiger partial charge < -0.3 is 9.84 Å². The van der Waals surface area contributed by atoms with Crippen molar-refractivity contribution in [3.63, 3.8) is 0 Å². The van der Waals surface area contributed by atoms with Crippen molar-refractivity contribution in [3.8, 4) is 11.5 Å². The predicted octanol–water partition coefficient (Wildman–Crippen LogP) is 6.50. The number of benzene rings is 2. The molecule has 0 aliphatic heterocycles. The Hall–Kier alpha value is -2.22. The quantitative estimate of drug-likeness (QED) is 0.608. The molecule has 5 unspecified atom stereocenters. The molecule has 0 aromatic heterocycles. The number of aromatic hydroxyl groups is 1. The highest BCUT2D eigenvalue weighted by Crippen LogP contribution is 2.63. The van der Waals surface area contributed by atoms with Crippen LogP contribution >= 0.6 is 0 Å². The zero-order valence-electron chi connectivity index (χ0n) is 17.6. The molecule has 2 aromatic carbocycles. The lowest BCUT2D eigenvalue weighted by atomic mass is 9.52. The van der Waals surface area contributed by atoms with Crippen molar-refractivity contribution in [3.05, 3.63) is 71.3 Å². The molecule has 29 heavy (non-hydrogen) atoms. The van der Waals surface area contributed by atoms with E-state index in [1.807, 2.05) is 42.5 Å². The third-order valence-electron chi connectivity index (χ3n) is 8.23. The minimum Gasteiger partial charge on any atom is -0.508 e. The molecule has 2 fully saturated rings. The highest BCUT2D eigenvalue weighted by molar-refractivity contribution is 5.41. The normalized spacial score (nSPS) is 34.3. The zero-order chi connectivity index (χ0) is 20.0. The van der Waals surface area contributed by atoms with E-state index < -0.39 is 0 Å². The molecular weight excluding hydrogens is 356 g/mol. The van der Waals surface area contributed by atoms with Crippen LogP contribution in [0.25, 0.3) is 0 Å². The second kappa shape index (κ2) is 7.23. The largest absolute Gasteiger partial charge is 0.508 e. The summed E-state index contributed by atoms with van der Waals surface area (Å²) in [5.41, 5.74) is 4.84. The monoisotopic (exact) mass is 388 g/mol. The predicted molar refractivity (Wildman–Crippen MR) is 117 cm³/mol. The second-order valence-electron chi connectivity index (χ2n) is 9.70. The van der Waals surface area contributed by atoms with E-state index in [9.17, 15) is 5.11 Å². The number of fused-ring (bicyclic) bond motifs is 5. The van der Waals surface area contributed by atoms with E-state index in [4.69, 9.17) is 4.74 Å². The van der Waals surface area contributed by atoms with Gasteiger partial charge in [-0.05, 0) is 103 Å². The molecule has 2 heteroatoms. The van der Waals surface area contributed by atoms with Gasteiger partial charge in [0.05, 0.1) is 0 Å². The third-order valence-corrected chi connectivity index (χ3v) is 8.23. The van der Waals surface area contributed by atoms with Gasteiger partial charge in [0.1, 0.15) is 18.1 Å². The number of phenols is 1. The smallest absolute Gasteiger partial charge is 0.119 e. The average molecular weight is 389 g/mol. The van der Waals surface area contributed by atoms with Crippen molar-refractivity contribution in [1.29, 1.82) is 0 Å². The van der Waals surface area contributed by atoms with E-state index in [1.54, 1.807) is 5.57 Å². The Bertz CT molecular complexity index is 915. The summed E-state index contributed by atoms with van der Waals surface area (Å²) < 4.78 is 5.98. The first-order chi connectivity index (χ1) is 14.1. The Morgan fingerprint density at radius 1 is 1.14 bits per heavy atom. The first kappa shape index (κ1) is 18.8. The van der Waals surface area contributed by atoms with Crippen LogP contribution in [-0.4, -0.2) is 11.7 Å². The average Bonchev–Trinajstić information content (AvgIpc) is 3.05. The molecule has 3 aliphatic rings. The van der Waals surface area contributed by atoms with E-state index in [-0.39, 0.29) is 0 Å². The summed E-state index contributed by atoms with van der Waals surface area (Å²) in [4.78, 5) is 0. The number of allylic oxidation sites excluding steroid dienone is 1. The van der Waals surface area contributed by atoms with Crippen molar-refractivity contribution in [2.75, 3.05) is 6.61 Å². The summed E-state index contributed by atoms with van der Waals surface area (Å²) in [6.07, 6.45) is 8.55. The third kappa shape index (κ3) is 3.17. The second-order valence-corrected chi connectivity index (χ2v) is 9.70. The fourth-order valence-corrected chi connectivity index (χ4v) is 6.90. The lowest BCUT2D eigenvalue weighted by molar-refractivity contribution is 0.0488. The minimum atomic E-state index is 0.323. The summed E-state index contributed by atoms with van der Waals surface area (Å²) >= 11 is 0. The Labute approximate surface area is 174 Å². The number of phenolic OH excluding ortho intramolecular Hbond substituents is 1. The lowest BCUT2D eigenvalue weighted by Gasteiger charge is -2.52. The van der Waals surface area contributed by atoms with Gasteiger partial charge in [-0.15, -0.1) is 0 Å². The van der Waals surface area contributed by atoms with Crippen molar-refractivity contribution < 1.29 is 9.84 Å². The molecule has 0 bridgehead atoms. The van der Waals surface area contributed by atoms with Crippen molar-refractivity contribution in [2.24, 2.45) is 23.2 Å². The summed E-state index contributed by atoms with van der Waals surface area (Å²) in [5, 5.41) is 9.94. The SMILES string of the molecule is CC1Cc2cc(O)ccc2C2CCC3(C)/C(=C/COc4ccccc4)CCC3C12. The molecule has 2 aromatic rings. The lowest BCUT2D eigenvalue weighted by Crippen LogP contribution is -2.43. The molecule has 152 valence electrons. The number of hydrogen-bond acceptors (Lipinski definition) is 2. The Balaban J connectivity index is 1.37. The topological polar surface area (TPSA) is 29.5 Å². The van der Waals surface area contributed by atoms with Gasteiger partial charge in [-0.25, -0.2) is 0 Å². The zero-order valence-corrected chi connectivity index (χ0v) is 17.6. The maximum atomic E-state index is 9.94. The van der Waals surface area contributed by atoms with Gasteiger partial charge in [-0.2, -0.15) is 0 Å². The molecule has 2 saturated carbocycles. The van der Waals surface area contributed by atoms with Crippen LogP contribution in [0.5, 0.6) is 11.5 Å². The molecule has 0 radical (unpaired) electrons. The van der Waals surface area contributed by atoms with Crippen LogP contribution in [0.1, 0.15) is 56.6 Å². The number of hydrogen-bond donors (Lipinski definition) is 1. The summed E-state index contributed by atoms with van der Waals surface area (Å²) in [6, 6.07) is 16.2. The maximum absolute atomic E-state index is 9.94. The van der Waals surface area contributed by atoms with Crippen LogP contribution in [-0.2, 0) is 6.42 Å². The molecule has 1 N–H and O–H groups in total. The minimum absolute atomic E-state index is 0.323. The van der Waals surface area contributed by atoms with Gasteiger partial charge in [-0.1, -0.05) is 43.7 Å². The Morgan fingerprint density at radius 3 is 2.79 bits per heavy atom. The van der Waals surface area contributed by atoms with Gasteiger partial charge in [0, 0.05) is 0 Å². The van der Waals surface area contributed by atoms with Gasteiger partial charge >= 0.3 is 0 Å². The molecule has 3 aliphatic carbocycles. The van der Waals surface area contributed by atoms with Crippen LogP contribution in [0.4, 0.5) is 0 Å². The molecule has 5 rings (SSSR count). The number of ether oxygens (including phenoxy) is 1. The maximum Gasteiger partial charge on any atom is 0.119 e. The van der Waals surface area contributed by atoms with Gasteiger partial charge in [0.15, 0.2) is 0 Å². The number of rotatable bonds is 3. The van der Waals surface area contributed by atoms with Crippen molar-refractivity contribution in [1.82, 2.24) is 0 Å².